The smallest absolute Gasteiger partial charge is 0.288 e. The molecule has 0 radical (unpaired) electrons. The van der Waals surface area contributed by atoms with Crippen LogP contribution < -0.4 is 5.32 Å². The zero-order valence-electron chi connectivity index (χ0n) is 14.6. The van der Waals surface area contributed by atoms with Gasteiger partial charge in [-0.1, -0.05) is 35.3 Å². The van der Waals surface area contributed by atoms with Gasteiger partial charge < -0.3 is 9.73 Å². The van der Waals surface area contributed by atoms with Crippen molar-refractivity contribution in [2.24, 2.45) is 0 Å². The van der Waals surface area contributed by atoms with Gasteiger partial charge in [0.15, 0.2) is 5.58 Å². The molecule has 0 atom stereocenters. The summed E-state index contributed by atoms with van der Waals surface area (Å²) in [5.74, 6) is -0.152. The third kappa shape index (κ3) is 3.78. The van der Waals surface area contributed by atoms with Crippen LogP contribution in [0.5, 0.6) is 0 Å². The van der Waals surface area contributed by atoms with E-state index < -0.39 is 10.8 Å². The first kappa shape index (κ1) is 18.9. The van der Waals surface area contributed by atoms with Gasteiger partial charge >= 0.3 is 0 Å². The van der Waals surface area contributed by atoms with Crippen molar-refractivity contribution in [1.29, 1.82) is 0 Å². The maximum atomic E-state index is 12.5. The highest BCUT2D eigenvalue weighted by atomic mass is 35.5. The number of anilines is 1. The molecule has 0 aliphatic carbocycles. The van der Waals surface area contributed by atoms with Crippen molar-refractivity contribution in [3.05, 3.63) is 86.4 Å². The van der Waals surface area contributed by atoms with E-state index in [-0.39, 0.29) is 16.3 Å². The average molecular weight is 428 g/mol. The molecule has 1 heterocycles. The molecular formula is C20H11Cl2N3O4. The number of nitro benzene ring substituents is 1. The van der Waals surface area contributed by atoms with Crippen molar-refractivity contribution in [3.8, 4) is 11.5 Å². The molecule has 7 nitrogen and oxygen atoms in total. The van der Waals surface area contributed by atoms with E-state index in [1.165, 1.54) is 12.1 Å². The Morgan fingerprint density at radius 3 is 2.59 bits per heavy atom. The van der Waals surface area contributed by atoms with Gasteiger partial charge in [-0.25, -0.2) is 4.98 Å². The number of carbonyl (C=O) groups excluding carboxylic acids is 1. The van der Waals surface area contributed by atoms with Crippen molar-refractivity contribution in [2.75, 3.05) is 5.32 Å². The summed E-state index contributed by atoms with van der Waals surface area (Å²) in [4.78, 5) is 27.3. The first-order chi connectivity index (χ1) is 13.9. The van der Waals surface area contributed by atoms with Crippen LogP contribution in [-0.2, 0) is 0 Å². The molecule has 1 aromatic heterocycles. The fourth-order valence-electron chi connectivity index (χ4n) is 2.75. The minimum absolute atomic E-state index is 0.0392. The van der Waals surface area contributed by atoms with Crippen LogP contribution in [-0.4, -0.2) is 15.8 Å². The molecule has 4 rings (SSSR count). The molecule has 144 valence electrons. The lowest BCUT2D eigenvalue weighted by atomic mass is 10.2. The second-order valence-electron chi connectivity index (χ2n) is 6.06. The molecule has 9 heteroatoms. The predicted octanol–water partition coefficient (Wildman–Crippen LogP) is 5.96. The van der Waals surface area contributed by atoms with Crippen molar-refractivity contribution >= 4 is 51.6 Å². The third-order valence-corrected chi connectivity index (χ3v) is 4.80. The number of rotatable bonds is 4. The van der Waals surface area contributed by atoms with Gasteiger partial charge in [-0.05, 0) is 42.5 Å². The Hall–Kier alpha value is -3.42. The number of halogens is 2. The Kier molecular flexibility index (Phi) is 4.92. The van der Waals surface area contributed by atoms with E-state index in [9.17, 15) is 14.9 Å². The van der Waals surface area contributed by atoms with Gasteiger partial charge in [-0.3, -0.25) is 14.9 Å². The molecule has 1 N–H and O–H groups in total. The number of hydrogen-bond acceptors (Lipinski definition) is 5. The van der Waals surface area contributed by atoms with Crippen molar-refractivity contribution in [3.63, 3.8) is 0 Å². The van der Waals surface area contributed by atoms with Gasteiger partial charge in [0, 0.05) is 17.3 Å². The SMILES string of the molecule is O=C(Nc1ccc2oc(-c3ccccc3Cl)nc2c1)c1ccc(Cl)c([N+](=O)[O-])c1. The number of carbonyl (C=O) groups is 1. The Balaban J connectivity index is 1.62. The zero-order chi connectivity index (χ0) is 20.5. The van der Waals surface area contributed by atoms with E-state index in [0.717, 1.165) is 6.07 Å². The van der Waals surface area contributed by atoms with Crippen LogP contribution in [0.15, 0.2) is 65.1 Å². The molecule has 29 heavy (non-hydrogen) atoms. The molecule has 1 amide bonds. The van der Waals surface area contributed by atoms with Crippen LogP contribution in [0.1, 0.15) is 10.4 Å². The fourth-order valence-corrected chi connectivity index (χ4v) is 3.16. The monoisotopic (exact) mass is 427 g/mol. The van der Waals surface area contributed by atoms with E-state index in [1.54, 1.807) is 30.3 Å². The quantitative estimate of drug-likeness (QED) is 0.319. The van der Waals surface area contributed by atoms with Gasteiger partial charge in [-0.15, -0.1) is 0 Å². The Bertz CT molecular complexity index is 1270. The van der Waals surface area contributed by atoms with Crippen molar-refractivity contribution < 1.29 is 14.1 Å². The second kappa shape index (κ2) is 7.54. The topological polar surface area (TPSA) is 98.3 Å². The third-order valence-electron chi connectivity index (χ3n) is 4.15. The van der Waals surface area contributed by atoms with Crippen LogP contribution in [0, 0.1) is 10.1 Å². The lowest BCUT2D eigenvalue weighted by Gasteiger charge is -2.05. The molecule has 4 aromatic rings. The van der Waals surface area contributed by atoms with Crippen molar-refractivity contribution in [2.45, 2.75) is 0 Å². The summed E-state index contributed by atoms with van der Waals surface area (Å²) in [6.07, 6.45) is 0. The highest BCUT2D eigenvalue weighted by molar-refractivity contribution is 6.33. The summed E-state index contributed by atoms with van der Waals surface area (Å²) in [5, 5.41) is 14.2. The molecular weight excluding hydrogens is 417 g/mol. The van der Waals surface area contributed by atoms with Crippen LogP contribution >= 0.6 is 23.2 Å². The largest absolute Gasteiger partial charge is 0.436 e. The summed E-state index contributed by atoms with van der Waals surface area (Å²) in [5.41, 5.74) is 1.94. The minimum Gasteiger partial charge on any atom is -0.436 e. The molecule has 0 spiro atoms. The lowest BCUT2D eigenvalue weighted by molar-refractivity contribution is -0.384. The highest BCUT2D eigenvalue weighted by Crippen LogP contribution is 2.31. The van der Waals surface area contributed by atoms with Gasteiger partial charge in [0.2, 0.25) is 5.89 Å². The van der Waals surface area contributed by atoms with Crippen LogP contribution in [0.25, 0.3) is 22.6 Å². The van der Waals surface area contributed by atoms with E-state index in [0.29, 0.717) is 33.3 Å². The molecule has 0 aliphatic heterocycles. The van der Waals surface area contributed by atoms with E-state index in [1.807, 2.05) is 12.1 Å². The summed E-state index contributed by atoms with van der Waals surface area (Å²) >= 11 is 12.0. The molecule has 0 fully saturated rings. The van der Waals surface area contributed by atoms with Crippen molar-refractivity contribution in [1.82, 2.24) is 4.98 Å². The van der Waals surface area contributed by atoms with Crippen LogP contribution in [0.2, 0.25) is 10.0 Å². The Morgan fingerprint density at radius 1 is 1.03 bits per heavy atom. The number of fused-ring (bicyclic) bond motifs is 1. The highest BCUT2D eigenvalue weighted by Gasteiger charge is 2.17. The minimum atomic E-state index is -0.642. The molecule has 3 aromatic carbocycles. The Labute approximate surface area is 174 Å². The average Bonchev–Trinajstić information content (AvgIpc) is 3.11. The van der Waals surface area contributed by atoms with Gasteiger partial charge in [-0.2, -0.15) is 0 Å². The van der Waals surface area contributed by atoms with Gasteiger partial charge in [0.1, 0.15) is 10.5 Å². The number of nitro groups is 1. The maximum Gasteiger partial charge on any atom is 0.288 e. The predicted molar refractivity (Wildman–Crippen MR) is 111 cm³/mol. The van der Waals surface area contributed by atoms with Crippen LogP contribution in [0.3, 0.4) is 0 Å². The number of hydrogen-bond donors (Lipinski definition) is 1. The lowest BCUT2D eigenvalue weighted by Crippen LogP contribution is -2.12. The standard InChI is InChI=1S/C20H11Cl2N3O4/c21-14-4-2-1-3-13(14)20-24-16-10-12(6-8-18(16)29-20)23-19(26)11-5-7-15(22)17(9-11)25(27)28/h1-10H,(H,23,26). The fraction of sp³-hybridized carbons (Fsp3) is 0. The normalized spacial score (nSPS) is 10.8. The second-order valence-corrected chi connectivity index (χ2v) is 6.87. The molecule has 0 saturated heterocycles. The summed E-state index contributed by atoms with van der Waals surface area (Å²) in [6, 6.07) is 16.0. The van der Waals surface area contributed by atoms with Gasteiger partial charge in [0.25, 0.3) is 11.6 Å². The summed E-state index contributed by atoms with van der Waals surface area (Å²) in [6.45, 7) is 0. The molecule has 0 bridgehead atoms. The summed E-state index contributed by atoms with van der Waals surface area (Å²) in [7, 11) is 0. The number of benzene rings is 3. The zero-order valence-corrected chi connectivity index (χ0v) is 16.1. The summed E-state index contributed by atoms with van der Waals surface area (Å²) < 4.78 is 5.74. The van der Waals surface area contributed by atoms with Crippen LogP contribution in [0.4, 0.5) is 11.4 Å². The van der Waals surface area contributed by atoms with E-state index >= 15 is 0 Å². The first-order valence-corrected chi connectivity index (χ1v) is 9.09. The molecule has 0 aliphatic rings. The number of nitrogens with zero attached hydrogens (tertiary/aromatic N) is 2. The van der Waals surface area contributed by atoms with E-state index in [2.05, 4.69) is 10.3 Å². The maximum absolute atomic E-state index is 12.5. The number of amides is 1. The first-order valence-electron chi connectivity index (χ1n) is 8.33. The number of aromatic nitrogens is 1. The molecule has 0 saturated carbocycles. The number of nitrogens with one attached hydrogen (secondary N) is 1. The Morgan fingerprint density at radius 2 is 1.83 bits per heavy atom. The van der Waals surface area contributed by atoms with E-state index in [4.69, 9.17) is 27.6 Å². The molecule has 0 unspecified atom stereocenters. The number of oxazole rings is 1. The van der Waals surface area contributed by atoms with Gasteiger partial charge in [0.05, 0.1) is 15.5 Å².